The summed E-state index contributed by atoms with van der Waals surface area (Å²) in [6, 6.07) is 4.45. The second-order valence-corrected chi connectivity index (χ2v) is 6.22. The first-order valence-corrected chi connectivity index (χ1v) is 8.31. The van der Waals surface area contributed by atoms with Crippen molar-refractivity contribution in [3.05, 3.63) is 24.0 Å². The van der Waals surface area contributed by atoms with E-state index in [2.05, 4.69) is 5.32 Å². The van der Waals surface area contributed by atoms with Crippen LogP contribution in [0.4, 0.5) is 14.9 Å². The highest BCUT2D eigenvalue weighted by molar-refractivity contribution is 7.98. The van der Waals surface area contributed by atoms with Gasteiger partial charge in [-0.05, 0) is 44.2 Å². The third-order valence-electron chi connectivity index (χ3n) is 3.83. The molecule has 1 saturated heterocycles. The van der Waals surface area contributed by atoms with E-state index in [1.807, 2.05) is 0 Å². The highest BCUT2D eigenvalue weighted by Gasteiger charge is 2.26. The molecule has 2 atom stereocenters. The van der Waals surface area contributed by atoms with Gasteiger partial charge < -0.3 is 15.3 Å². The number of aliphatic hydroxyl groups excluding tert-OH is 1. The number of amides is 2. The Morgan fingerprint density at radius 3 is 2.95 bits per heavy atom. The molecule has 2 rings (SSSR count). The smallest absolute Gasteiger partial charge is 0.321 e. The molecule has 0 bridgehead atoms. The number of hydrogen-bond acceptors (Lipinski definition) is 3. The largest absolute Gasteiger partial charge is 0.393 e. The molecule has 1 aromatic rings. The summed E-state index contributed by atoms with van der Waals surface area (Å²) >= 11 is 1.33. The minimum absolute atomic E-state index is 0.111. The minimum Gasteiger partial charge on any atom is -0.393 e. The Hall–Kier alpha value is -1.27. The number of likely N-dealkylation sites (tertiary alicyclic amines) is 1. The van der Waals surface area contributed by atoms with Gasteiger partial charge in [0.25, 0.3) is 0 Å². The fourth-order valence-corrected chi connectivity index (χ4v) is 2.99. The molecular weight excluding hydrogens is 291 g/mol. The number of anilines is 1. The topological polar surface area (TPSA) is 52.6 Å². The number of carbonyl (C=O) groups excluding carboxylic acids is 1. The van der Waals surface area contributed by atoms with Crippen LogP contribution in [0.25, 0.3) is 0 Å². The Labute approximate surface area is 128 Å². The molecule has 4 nitrogen and oxygen atoms in total. The van der Waals surface area contributed by atoms with Crippen molar-refractivity contribution in [3.63, 3.8) is 0 Å². The zero-order valence-electron chi connectivity index (χ0n) is 12.3. The van der Waals surface area contributed by atoms with Crippen LogP contribution < -0.4 is 5.32 Å². The van der Waals surface area contributed by atoms with Gasteiger partial charge in [-0.15, -0.1) is 11.8 Å². The minimum atomic E-state index is -0.418. The number of piperidine rings is 1. The molecule has 1 aromatic carbocycles. The van der Waals surface area contributed by atoms with E-state index in [0.717, 1.165) is 12.8 Å². The molecule has 1 aliphatic heterocycles. The summed E-state index contributed by atoms with van der Waals surface area (Å²) in [5.74, 6) is -0.221. The maximum atomic E-state index is 13.7. The SMILES string of the molecule is CSc1ccc(NC(=O)N2CCCC(C(C)O)C2)cc1F. The number of rotatable bonds is 3. The Balaban J connectivity index is 1.99. The molecule has 0 aromatic heterocycles. The first-order chi connectivity index (χ1) is 10.0. The Morgan fingerprint density at radius 2 is 2.33 bits per heavy atom. The predicted octanol–water partition coefficient (Wildman–Crippen LogP) is 3.17. The molecule has 1 fully saturated rings. The van der Waals surface area contributed by atoms with Gasteiger partial charge in [0, 0.05) is 29.6 Å². The van der Waals surface area contributed by atoms with Crippen LogP contribution >= 0.6 is 11.8 Å². The van der Waals surface area contributed by atoms with E-state index in [0.29, 0.717) is 23.7 Å². The first kappa shape index (κ1) is 16.1. The average Bonchev–Trinajstić information content (AvgIpc) is 2.47. The van der Waals surface area contributed by atoms with Crippen LogP contribution in [0.1, 0.15) is 19.8 Å². The van der Waals surface area contributed by atoms with Gasteiger partial charge in [0.15, 0.2) is 0 Å². The number of carbonyl (C=O) groups is 1. The molecule has 1 aliphatic rings. The van der Waals surface area contributed by atoms with Crippen LogP contribution in [-0.2, 0) is 0 Å². The Kier molecular flexibility index (Phi) is 5.47. The lowest BCUT2D eigenvalue weighted by molar-refractivity contribution is 0.0766. The normalized spacial score (nSPS) is 20.2. The summed E-state index contributed by atoms with van der Waals surface area (Å²) in [6.07, 6.45) is 3.20. The maximum Gasteiger partial charge on any atom is 0.321 e. The molecule has 6 heteroatoms. The standard InChI is InChI=1S/C15H21FN2O2S/c1-10(19)11-4-3-7-18(9-11)15(20)17-12-5-6-14(21-2)13(16)8-12/h5-6,8,10-11,19H,3-4,7,9H2,1-2H3,(H,17,20). The number of halogens is 1. The van der Waals surface area contributed by atoms with Crippen molar-refractivity contribution in [3.8, 4) is 0 Å². The average molecular weight is 312 g/mol. The highest BCUT2D eigenvalue weighted by Crippen LogP contribution is 2.24. The van der Waals surface area contributed by atoms with Gasteiger partial charge >= 0.3 is 6.03 Å². The summed E-state index contributed by atoms with van der Waals surface area (Å²) in [7, 11) is 0. The van der Waals surface area contributed by atoms with Crippen molar-refractivity contribution >= 4 is 23.5 Å². The third kappa shape index (κ3) is 4.11. The van der Waals surface area contributed by atoms with E-state index in [-0.39, 0.29) is 17.8 Å². The van der Waals surface area contributed by atoms with Crippen LogP contribution in [-0.4, -0.2) is 41.5 Å². The van der Waals surface area contributed by atoms with Gasteiger partial charge in [0.05, 0.1) is 6.10 Å². The number of benzene rings is 1. The van der Waals surface area contributed by atoms with Crippen LogP contribution in [0.15, 0.2) is 23.1 Å². The maximum absolute atomic E-state index is 13.7. The zero-order chi connectivity index (χ0) is 15.4. The predicted molar refractivity (Wildman–Crippen MR) is 83.2 cm³/mol. The molecule has 0 radical (unpaired) electrons. The second kappa shape index (κ2) is 7.13. The van der Waals surface area contributed by atoms with E-state index >= 15 is 0 Å². The van der Waals surface area contributed by atoms with E-state index < -0.39 is 6.10 Å². The molecule has 116 valence electrons. The fraction of sp³-hybridized carbons (Fsp3) is 0.533. The van der Waals surface area contributed by atoms with Gasteiger partial charge in [0.1, 0.15) is 5.82 Å². The lowest BCUT2D eigenvalue weighted by Crippen LogP contribution is -2.44. The number of thioether (sulfide) groups is 1. The summed E-state index contributed by atoms with van der Waals surface area (Å²) in [5.41, 5.74) is 0.453. The summed E-state index contributed by atoms with van der Waals surface area (Å²) < 4.78 is 13.7. The molecule has 21 heavy (non-hydrogen) atoms. The van der Waals surface area contributed by atoms with Crippen molar-refractivity contribution < 1.29 is 14.3 Å². The van der Waals surface area contributed by atoms with Gasteiger partial charge in [0.2, 0.25) is 0 Å². The lowest BCUT2D eigenvalue weighted by Gasteiger charge is -2.34. The van der Waals surface area contributed by atoms with Crippen molar-refractivity contribution in [1.82, 2.24) is 4.90 Å². The summed E-state index contributed by atoms with van der Waals surface area (Å²) in [5, 5.41) is 12.4. The van der Waals surface area contributed by atoms with E-state index in [4.69, 9.17) is 0 Å². The van der Waals surface area contributed by atoms with Gasteiger partial charge in [-0.1, -0.05) is 0 Å². The van der Waals surface area contributed by atoms with Crippen LogP contribution in [0, 0.1) is 11.7 Å². The number of nitrogens with one attached hydrogen (secondary N) is 1. The van der Waals surface area contributed by atoms with E-state index in [1.54, 1.807) is 30.2 Å². The first-order valence-electron chi connectivity index (χ1n) is 7.08. The molecule has 2 N–H and O–H groups in total. The van der Waals surface area contributed by atoms with Crippen LogP contribution in [0.2, 0.25) is 0 Å². The van der Waals surface area contributed by atoms with E-state index in [1.165, 1.54) is 17.8 Å². The van der Waals surface area contributed by atoms with Crippen molar-refractivity contribution in [1.29, 1.82) is 0 Å². The zero-order valence-corrected chi connectivity index (χ0v) is 13.1. The van der Waals surface area contributed by atoms with Gasteiger partial charge in [-0.3, -0.25) is 0 Å². The van der Waals surface area contributed by atoms with Crippen molar-refractivity contribution in [2.24, 2.45) is 5.92 Å². The molecule has 0 saturated carbocycles. The van der Waals surface area contributed by atoms with Gasteiger partial charge in [-0.2, -0.15) is 0 Å². The quantitative estimate of drug-likeness (QED) is 0.843. The number of urea groups is 1. The van der Waals surface area contributed by atoms with Crippen molar-refractivity contribution in [2.75, 3.05) is 24.7 Å². The fourth-order valence-electron chi connectivity index (χ4n) is 2.53. The summed E-state index contributed by atoms with van der Waals surface area (Å²) in [6.45, 7) is 2.96. The molecule has 0 aliphatic carbocycles. The molecular formula is C15H21FN2O2S. The molecule has 0 spiro atoms. The number of aliphatic hydroxyl groups is 1. The molecule has 2 amide bonds. The number of hydrogen-bond donors (Lipinski definition) is 2. The van der Waals surface area contributed by atoms with E-state index in [9.17, 15) is 14.3 Å². The molecule has 2 unspecified atom stereocenters. The van der Waals surface area contributed by atoms with Gasteiger partial charge in [-0.25, -0.2) is 9.18 Å². The summed E-state index contributed by atoms with van der Waals surface area (Å²) in [4.78, 5) is 14.4. The second-order valence-electron chi connectivity index (χ2n) is 5.37. The lowest BCUT2D eigenvalue weighted by atomic mass is 9.94. The monoisotopic (exact) mass is 312 g/mol. The van der Waals surface area contributed by atoms with Crippen molar-refractivity contribution in [2.45, 2.75) is 30.8 Å². The number of nitrogens with zero attached hydrogens (tertiary/aromatic N) is 1. The third-order valence-corrected chi connectivity index (χ3v) is 4.60. The molecule has 1 heterocycles. The highest BCUT2D eigenvalue weighted by atomic mass is 32.2. The van der Waals surface area contributed by atoms with Crippen LogP contribution in [0.5, 0.6) is 0 Å². The van der Waals surface area contributed by atoms with Crippen LogP contribution in [0.3, 0.4) is 0 Å². The Bertz CT molecular complexity index is 510. The Morgan fingerprint density at radius 1 is 1.57 bits per heavy atom.